The Bertz CT molecular complexity index is 634. The van der Waals surface area contributed by atoms with Gasteiger partial charge in [0.15, 0.2) is 11.6 Å². The summed E-state index contributed by atoms with van der Waals surface area (Å²) >= 11 is 3.41. The van der Waals surface area contributed by atoms with E-state index in [0.29, 0.717) is 12.2 Å². The minimum absolute atomic E-state index is 0.0200. The van der Waals surface area contributed by atoms with Crippen molar-refractivity contribution in [1.29, 1.82) is 0 Å². The van der Waals surface area contributed by atoms with Gasteiger partial charge in [-0.25, -0.2) is 8.78 Å². The van der Waals surface area contributed by atoms with Gasteiger partial charge in [0.2, 0.25) is 0 Å². The van der Waals surface area contributed by atoms with Gasteiger partial charge in [-0.3, -0.25) is 0 Å². The molecule has 2 rings (SSSR count). The molecular weight excluding hydrogens is 340 g/mol. The third-order valence-electron chi connectivity index (χ3n) is 3.15. The van der Waals surface area contributed by atoms with Gasteiger partial charge in [-0.05, 0) is 48.7 Å². The summed E-state index contributed by atoms with van der Waals surface area (Å²) < 4.78 is 32.7. The molecule has 0 aromatic heterocycles. The van der Waals surface area contributed by atoms with Crippen LogP contribution in [0.5, 0.6) is 11.5 Å². The Morgan fingerprint density at radius 1 is 1.14 bits per heavy atom. The molecule has 0 amide bonds. The molecule has 0 spiro atoms. The standard InChI is InChI=1S/C16H16BrF2NO/c1-2-12(20)8-10-7-11(17)3-6-16(10)21-13-4-5-14(18)15(19)9-13/h3-7,9,12H,2,8,20H2,1H3. The van der Waals surface area contributed by atoms with Crippen LogP contribution in [0.25, 0.3) is 0 Å². The molecule has 0 bridgehead atoms. The van der Waals surface area contributed by atoms with Crippen molar-refractivity contribution in [3.8, 4) is 11.5 Å². The normalized spacial score (nSPS) is 12.2. The van der Waals surface area contributed by atoms with E-state index in [-0.39, 0.29) is 11.8 Å². The van der Waals surface area contributed by atoms with Crippen molar-refractivity contribution in [3.05, 3.63) is 58.1 Å². The fraction of sp³-hybridized carbons (Fsp3) is 0.250. The van der Waals surface area contributed by atoms with Gasteiger partial charge >= 0.3 is 0 Å². The first-order valence-corrected chi connectivity index (χ1v) is 7.45. The third kappa shape index (κ3) is 4.25. The van der Waals surface area contributed by atoms with Crippen molar-refractivity contribution in [2.75, 3.05) is 0 Å². The Kier molecular flexibility index (Phi) is 5.31. The number of hydrogen-bond acceptors (Lipinski definition) is 2. The summed E-state index contributed by atoms with van der Waals surface area (Å²) in [4.78, 5) is 0. The molecule has 112 valence electrons. The molecular formula is C16H16BrF2NO. The van der Waals surface area contributed by atoms with Crippen LogP contribution in [0.2, 0.25) is 0 Å². The maximum Gasteiger partial charge on any atom is 0.162 e. The topological polar surface area (TPSA) is 35.2 Å². The van der Waals surface area contributed by atoms with Crippen molar-refractivity contribution < 1.29 is 13.5 Å². The van der Waals surface area contributed by atoms with Gasteiger partial charge in [0.25, 0.3) is 0 Å². The summed E-state index contributed by atoms with van der Waals surface area (Å²) in [6.45, 7) is 2.01. The number of ether oxygens (including phenoxy) is 1. The van der Waals surface area contributed by atoms with Crippen LogP contribution in [0, 0.1) is 11.6 Å². The van der Waals surface area contributed by atoms with Crippen molar-refractivity contribution in [2.24, 2.45) is 5.73 Å². The quantitative estimate of drug-likeness (QED) is 0.835. The van der Waals surface area contributed by atoms with Gasteiger partial charge in [-0.1, -0.05) is 22.9 Å². The van der Waals surface area contributed by atoms with Crippen LogP contribution >= 0.6 is 15.9 Å². The van der Waals surface area contributed by atoms with E-state index in [1.54, 1.807) is 6.07 Å². The van der Waals surface area contributed by atoms with Crippen molar-refractivity contribution in [2.45, 2.75) is 25.8 Å². The number of benzene rings is 2. The Morgan fingerprint density at radius 2 is 1.90 bits per heavy atom. The molecule has 5 heteroatoms. The fourth-order valence-corrected chi connectivity index (χ4v) is 2.31. The molecule has 2 N–H and O–H groups in total. The monoisotopic (exact) mass is 355 g/mol. The van der Waals surface area contributed by atoms with Crippen molar-refractivity contribution in [3.63, 3.8) is 0 Å². The Balaban J connectivity index is 2.28. The summed E-state index contributed by atoms with van der Waals surface area (Å²) in [5, 5.41) is 0. The summed E-state index contributed by atoms with van der Waals surface area (Å²) in [7, 11) is 0. The summed E-state index contributed by atoms with van der Waals surface area (Å²) in [6, 6.07) is 9.02. The molecule has 2 nitrogen and oxygen atoms in total. The summed E-state index contributed by atoms with van der Waals surface area (Å²) in [5.74, 6) is -0.988. The van der Waals surface area contributed by atoms with Crippen molar-refractivity contribution in [1.82, 2.24) is 0 Å². The average molecular weight is 356 g/mol. The molecule has 0 radical (unpaired) electrons. The van der Waals surface area contributed by atoms with E-state index in [1.807, 2.05) is 19.1 Å². The van der Waals surface area contributed by atoms with E-state index in [9.17, 15) is 8.78 Å². The first kappa shape index (κ1) is 15.9. The van der Waals surface area contributed by atoms with Crippen LogP contribution in [-0.2, 0) is 6.42 Å². The van der Waals surface area contributed by atoms with Gasteiger partial charge in [0.05, 0.1) is 0 Å². The van der Waals surface area contributed by atoms with Crippen LogP contribution in [0.4, 0.5) is 8.78 Å². The summed E-state index contributed by atoms with van der Waals surface area (Å²) in [6.07, 6.45) is 1.49. The van der Waals surface area contributed by atoms with Gasteiger partial charge in [-0.2, -0.15) is 0 Å². The largest absolute Gasteiger partial charge is 0.457 e. The highest BCUT2D eigenvalue weighted by Crippen LogP contribution is 2.29. The van der Waals surface area contributed by atoms with Crippen LogP contribution < -0.4 is 10.5 Å². The predicted octanol–water partition coefficient (Wildman–Crippen LogP) is 4.80. The fourth-order valence-electron chi connectivity index (χ4n) is 1.90. The third-order valence-corrected chi connectivity index (χ3v) is 3.64. The van der Waals surface area contributed by atoms with Crippen LogP contribution in [0.1, 0.15) is 18.9 Å². The highest BCUT2D eigenvalue weighted by Gasteiger charge is 2.11. The first-order valence-electron chi connectivity index (χ1n) is 6.66. The molecule has 0 fully saturated rings. The molecule has 0 aliphatic heterocycles. The highest BCUT2D eigenvalue weighted by molar-refractivity contribution is 9.10. The number of hydrogen-bond donors (Lipinski definition) is 1. The molecule has 0 heterocycles. The van der Waals surface area contributed by atoms with Crippen LogP contribution in [0.3, 0.4) is 0 Å². The van der Waals surface area contributed by atoms with Gasteiger partial charge in [0.1, 0.15) is 11.5 Å². The maximum absolute atomic E-state index is 13.2. The van der Waals surface area contributed by atoms with E-state index in [2.05, 4.69) is 15.9 Å². The maximum atomic E-state index is 13.2. The first-order chi connectivity index (χ1) is 9.99. The highest BCUT2D eigenvalue weighted by atomic mass is 79.9. The lowest BCUT2D eigenvalue weighted by molar-refractivity contribution is 0.455. The Hall–Kier alpha value is -1.46. The zero-order chi connectivity index (χ0) is 15.4. The molecule has 1 unspecified atom stereocenters. The zero-order valence-corrected chi connectivity index (χ0v) is 13.2. The van der Waals surface area contributed by atoms with E-state index in [4.69, 9.17) is 10.5 Å². The summed E-state index contributed by atoms with van der Waals surface area (Å²) in [5.41, 5.74) is 6.90. The lowest BCUT2D eigenvalue weighted by atomic mass is 10.0. The minimum Gasteiger partial charge on any atom is -0.457 e. The van der Waals surface area contributed by atoms with Gasteiger partial charge in [0, 0.05) is 16.6 Å². The molecule has 0 aliphatic carbocycles. The lowest BCUT2D eigenvalue weighted by Crippen LogP contribution is -2.21. The zero-order valence-electron chi connectivity index (χ0n) is 11.6. The smallest absolute Gasteiger partial charge is 0.162 e. The average Bonchev–Trinajstić information content (AvgIpc) is 2.45. The SMILES string of the molecule is CCC(N)Cc1cc(Br)ccc1Oc1ccc(F)c(F)c1. The molecule has 2 aromatic carbocycles. The molecule has 1 atom stereocenters. The molecule has 0 saturated heterocycles. The molecule has 2 aromatic rings. The van der Waals surface area contributed by atoms with Crippen LogP contribution in [0.15, 0.2) is 40.9 Å². The predicted molar refractivity (Wildman–Crippen MR) is 82.5 cm³/mol. The number of nitrogens with two attached hydrogens (primary N) is 1. The second-order valence-corrected chi connectivity index (χ2v) is 5.72. The lowest BCUT2D eigenvalue weighted by Gasteiger charge is -2.15. The van der Waals surface area contributed by atoms with Crippen LogP contribution in [-0.4, -0.2) is 6.04 Å². The van der Waals surface area contributed by atoms with E-state index < -0.39 is 11.6 Å². The Labute approximate surface area is 131 Å². The van der Waals surface area contributed by atoms with Crippen molar-refractivity contribution >= 4 is 15.9 Å². The van der Waals surface area contributed by atoms with E-state index in [1.165, 1.54) is 6.07 Å². The number of halogens is 3. The second kappa shape index (κ2) is 7.00. The Morgan fingerprint density at radius 3 is 2.57 bits per heavy atom. The van der Waals surface area contributed by atoms with E-state index >= 15 is 0 Å². The van der Waals surface area contributed by atoms with Gasteiger partial charge in [-0.15, -0.1) is 0 Å². The second-order valence-electron chi connectivity index (χ2n) is 4.80. The van der Waals surface area contributed by atoms with E-state index in [0.717, 1.165) is 28.6 Å². The molecule has 0 aliphatic rings. The minimum atomic E-state index is -0.934. The van der Waals surface area contributed by atoms with Gasteiger partial charge < -0.3 is 10.5 Å². The number of rotatable bonds is 5. The molecule has 0 saturated carbocycles. The molecule has 21 heavy (non-hydrogen) atoms.